The molecule has 0 radical (unpaired) electrons. The van der Waals surface area contributed by atoms with Crippen LogP contribution in [-0.2, 0) is 6.42 Å². The van der Waals surface area contributed by atoms with E-state index in [4.69, 9.17) is 17.3 Å². The molecule has 2 rings (SSSR count). The third-order valence-electron chi connectivity index (χ3n) is 3.36. The maximum atomic E-state index is 6.12. The number of hydrogen-bond acceptors (Lipinski definition) is 1. The first kappa shape index (κ1) is 10.0. The van der Waals surface area contributed by atoms with Gasteiger partial charge >= 0.3 is 0 Å². The molecule has 0 aromatic heterocycles. The number of benzene rings is 1. The van der Waals surface area contributed by atoms with Crippen LogP contribution in [0.25, 0.3) is 0 Å². The van der Waals surface area contributed by atoms with Crippen molar-refractivity contribution in [2.24, 2.45) is 11.1 Å². The lowest BCUT2D eigenvalue weighted by atomic mass is 9.90. The third kappa shape index (κ3) is 1.79. The van der Waals surface area contributed by atoms with Crippen molar-refractivity contribution in [3.8, 4) is 0 Å². The van der Waals surface area contributed by atoms with E-state index in [0.717, 1.165) is 11.4 Å². The molecule has 0 saturated heterocycles. The Morgan fingerprint density at radius 2 is 2.07 bits per heavy atom. The highest BCUT2D eigenvalue weighted by atomic mass is 35.5. The van der Waals surface area contributed by atoms with Gasteiger partial charge in [-0.05, 0) is 43.2 Å². The van der Waals surface area contributed by atoms with Crippen molar-refractivity contribution in [3.63, 3.8) is 0 Å². The normalized spacial score (nSPS) is 20.5. The molecule has 0 bridgehead atoms. The summed E-state index contributed by atoms with van der Waals surface area (Å²) in [7, 11) is 0. The van der Waals surface area contributed by atoms with Gasteiger partial charge < -0.3 is 5.73 Å². The second kappa shape index (κ2) is 3.56. The first-order chi connectivity index (χ1) is 6.64. The number of rotatable bonds is 3. The van der Waals surface area contributed by atoms with E-state index < -0.39 is 0 Å². The van der Waals surface area contributed by atoms with Gasteiger partial charge in [-0.3, -0.25) is 0 Å². The molecule has 1 aliphatic rings. The molecule has 1 saturated carbocycles. The standard InChI is InChI=1S/C12H16ClN/c1-9(14)12(6-7-12)8-10-4-2-3-5-11(10)13/h2-5,9H,6-8,14H2,1H3. The second-order valence-electron chi connectivity index (χ2n) is 4.42. The molecule has 1 unspecified atom stereocenters. The summed E-state index contributed by atoms with van der Waals surface area (Å²) in [5.74, 6) is 0. The fraction of sp³-hybridized carbons (Fsp3) is 0.500. The Kier molecular flexibility index (Phi) is 2.54. The minimum atomic E-state index is 0.277. The highest BCUT2D eigenvalue weighted by Gasteiger charge is 2.45. The Morgan fingerprint density at radius 3 is 2.57 bits per heavy atom. The van der Waals surface area contributed by atoms with Gasteiger partial charge in [-0.25, -0.2) is 0 Å². The van der Waals surface area contributed by atoms with E-state index in [9.17, 15) is 0 Å². The van der Waals surface area contributed by atoms with Crippen LogP contribution in [0, 0.1) is 5.41 Å². The predicted octanol–water partition coefficient (Wildman–Crippen LogP) is 3.01. The van der Waals surface area contributed by atoms with E-state index in [-0.39, 0.29) is 6.04 Å². The molecule has 76 valence electrons. The van der Waals surface area contributed by atoms with Crippen LogP contribution in [0.2, 0.25) is 5.02 Å². The quantitative estimate of drug-likeness (QED) is 0.814. The molecule has 0 aliphatic heterocycles. The summed E-state index contributed by atoms with van der Waals surface area (Å²) in [5.41, 5.74) is 7.57. The van der Waals surface area contributed by atoms with Crippen molar-refractivity contribution in [2.45, 2.75) is 32.2 Å². The molecule has 1 fully saturated rings. The molecular formula is C12H16ClN. The Bertz CT molecular complexity index is 329. The zero-order chi connectivity index (χ0) is 10.2. The second-order valence-corrected chi connectivity index (χ2v) is 4.83. The fourth-order valence-corrected chi connectivity index (χ4v) is 2.18. The third-order valence-corrected chi connectivity index (χ3v) is 3.73. The van der Waals surface area contributed by atoms with Gasteiger partial charge in [0.05, 0.1) is 0 Å². The lowest BCUT2D eigenvalue weighted by molar-refractivity contribution is 0.419. The van der Waals surface area contributed by atoms with Crippen LogP contribution in [0.4, 0.5) is 0 Å². The van der Waals surface area contributed by atoms with Gasteiger partial charge in [0.15, 0.2) is 0 Å². The number of halogens is 1. The average molecular weight is 210 g/mol. The van der Waals surface area contributed by atoms with Crippen molar-refractivity contribution in [1.82, 2.24) is 0 Å². The van der Waals surface area contributed by atoms with Crippen molar-refractivity contribution in [1.29, 1.82) is 0 Å². The predicted molar refractivity (Wildman–Crippen MR) is 60.5 cm³/mol. The van der Waals surface area contributed by atoms with Gasteiger partial charge in [0, 0.05) is 11.1 Å². The van der Waals surface area contributed by atoms with E-state index >= 15 is 0 Å². The SMILES string of the molecule is CC(N)C1(Cc2ccccc2Cl)CC1. The molecule has 1 atom stereocenters. The van der Waals surface area contributed by atoms with Crippen LogP contribution in [-0.4, -0.2) is 6.04 Å². The zero-order valence-electron chi connectivity index (χ0n) is 8.46. The summed E-state index contributed by atoms with van der Waals surface area (Å²) < 4.78 is 0. The van der Waals surface area contributed by atoms with Crippen molar-refractivity contribution in [3.05, 3.63) is 34.9 Å². The summed E-state index contributed by atoms with van der Waals surface area (Å²) in [6, 6.07) is 8.34. The maximum Gasteiger partial charge on any atom is 0.0438 e. The van der Waals surface area contributed by atoms with Crippen molar-refractivity contribution >= 4 is 11.6 Å². The lowest BCUT2D eigenvalue weighted by Crippen LogP contribution is -2.29. The van der Waals surface area contributed by atoms with E-state index in [1.807, 2.05) is 18.2 Å². The smallest absolute Gasteiger partial charge is 0.0438 e. The largest absolute Gasteiger partial charge is 0.327 e. The molecule has 0 spiro atoms. The van der Waals surface area contributed by atoms with E-state index in [1.54, 1.807) is 0 Å². The molecule has 1 nitrogen and oxygen atoms in total. The minimum Gasteiger partial charge on any atom is -0.327 e. The number of hydrogen-bond donors (Lipinski definition) is 1. The highest BCUT2D eigenvalue weighted by molar-refractivity contribution is 6.31. The van der Waals surface area contributed by atoms with E-state index in [0.29, 0.717) is 5.41 Å². The summed E-state index contributed by atoms with van der Waals surface area (Å²) in [6.07, 6.45) is 3.52. The van der Waals surface area contributed by atoms with Crippen molar-refractivity contribution < 1.29 is 0 Å². The van der Waals surface area contributed by atoms with Gasteiger partial charge in [0.1, 0.15) is 0 Å². The summed E-state index contributed by atoms with van der Waals surface area (Å²) in [6.45, 7) is 2.10. The molecule has 0 amide bonds. The molecular weight excluding hydrogens is 194 g/mol. The van der Waals surface area contributed by atoms with E-state index in [1.165, 1.54) is 18.4 Å². The molecule has 1 aromatic carbocycles. The highest BCUT2D eigenvalue weighted by Crippen LogP contribution is 2.51. The molecule has 14 heavy (non-hydrogen) atoms. The number of nitrogens with two attached hydrogens (primary N) is 1. The van der Waals surface area contributed by atoms with Crippen LogP contribution in [0.3, 0.4) is 0 Å². The molecule has 1 aliphatic carbocycles. The fourth-order valence-electron chi connectivity index (χ4n) is 1.97. The van der Waals surface area contributed by atoms with Crippen LogP contribution in [0.1, 0.15) is 25.3 Å². The lowest BCUT2D eigenvalue weighted by Gasteiger charge is -2.19. The van der Waals surface area contributed by atoms with Gasteiger partial charge in [0.25, 0.3) is 0 Å². The van der Waals surface area contributed by atoms with Crippen LogP contribution >= 0.6 is 11.6 Å². The summed E-state index contributed by atoms with van der Waals surface area (Å²) in [4.78, 5) is 0. The van der Waals surface area contributed by atoms with Crippen LogP contribution in [0.15, 0.2) is 24.3 Å². The minimum absolute atomic E-state index is 0.277. The van der Waals surface area contributed by atoms with Gasteiger partial charge in [-0.1, -0.05) is 29.8 Å². The van der Waals surface area contributed by atoms with Crippen LogP contribution < -0.4 is 5.73 Å². The maximum absolute atomic E-state index is 6.12. The summed E-state index contributed by atoms with van der Waals surface area (Å²) in [5, 5.41) is 0.874. The Morgan fingerprint density at radius 1 is 1.43 bits per heavy atom. The van der Waals surface area contributed by atoms with Crippen LogP contribution in [0.5, 0.6) is 0 Å². The molecule has 1 aromatic rings. The topological polar surface area (TPSA) is 26.0 Å². The zero-order valence-corrected chi connectivity index (χ0v) is 9.22. The monoisotopic (exact) mass is 209 g/mol. The first-order valence-corrected chi connectivity index (χ1v) is 5.51. The molecule has 0 heterocycles. The Hall–Kier alpha value is -0.530. The first-order valence-electron chi connectivity index (χ1n) is 5.13. The van der Waals surface area contributed by atoms with Gasteiger partial charge in [-0.2, -0.15) is 0 Å². The van der Waals surface area contributed by atoms with E-state index in [2.05, 4.69) is 13.0 Å². The Balaban J connectivity index is 2.15. The Labute approximate surface area is 90.3 Å². The summed E-state index contributed by atoms with van der Waals surface area (Å²) >= 11 is 6.12. The van der Waals surface area contributed by atoms with Gasteiger partial charge in [-0.15, -0.1) is 0 Å². The van der Waals surface area contributed by atoms with Crippen molar-refractivity contribution in [2.75, 3.05) is 0 Å². The average Bonchev–Trinajstić information content (AvgIpc) is 2.90. The molecule has 2 heteroatoms. The van der Waals surface area contributed by atoms with Gasteiger partial charge in [0.2, 0.25) is 0 Å². The molecule has 2 N–H and O–H groups in total.